The number of hydrogen-bond acceptors (Lipinski definition) is 2. The number of hydrogen-bond donors (Lipinski definition) is 1. The molecule has 2 rings (SSSR count). The van der Waals surface area contributed by atoms with E-state index in [0.29, 0.717) is 11.5 Å². The molecule has 0 unspecified atom stereocenters. The van der Waals surface area contributed by atoms with E-state index in [2.05, 4.69) is 45.1 Å². The molecule has 0 saturated carbocycles. The van der Waals surface area contributed by atoms with Crippen molar-refractivity contribution in [1.29, 1.82) is 0 Å². The number of carbonyl (C=O) groups excluding carboxylic acids is 1. The van der Waals surface area contributed by atoms with Gasteiger partial charge in [-0.25, -0.2) is 0 Å². The molecule has 0 heterocycles. The van der Waals surface area contributed by atoms with E-state index in [1.807, 2.05) is 31.2 Å². The molecule has 0 radical (unpaired) electrons. The largest absolute Gasteiger partial charge is 0.496 e. The van der Waals surface area contributed by atoms with Crippen molar-refractivity contribution in [3.63, 3.8) is 0 Å². The van der Waals surface area contributed by atoms with Gasteiger partial charge in [0.1, 0.15) is 5.75 Å². The average molecular weight is 325 g/mol. The number of anilines is 1. The number of aryl methyl sites for hydroxylation is 1. The van der Waals surface area contributed by atoms with Crippen LogP contribution in [0.2, 0.25) is 0 Å². The lowest BCUT2D eigenvalue weighted by molar-refractivity contribution is 0.102. The number of methoxy groups -OCH3 is 1. The lowest BCUT2D eigenvalue weighted by atomic mass is 9.96. The van der Waals surface area contributed by atoms with Gasteiger partial charge in [-0.05, 0) is 59.7 Å². The predicted molar refractivity (Wildman–Crippen MR) is 100 cm³/mol. The molecule has 3 heteroatoms. The Labute approximate surface area is 145 Å². The second-order valence-corrected chi connectivity index (χ2v) is 6.79. The van der Waals surface area contributed by atoms with Crippen LogP contribution >= 0.6 is 0 Å². The Kier molecular flexibility index (Phi) is 5.66. The fourth-order valence-electron chi connectivity index (χ4n) is 2.72. The maximum atomic E-state index is 12.7. The Balaban J connectivity index is 2.27. The molecule has 1 amide bonds. The smallest absolute Gasteiger partial charge is 0.255 e. The van der Waals surface area contributed by atoms with E-state index in [-0.39, 0.29) is 11.8 Å². The molecule has 24 heavy (non-hydrogen) atoms. The van der Waals surface area contributed by atoms with Gasteiger partial charge in [-0.15, -0.1) is 0 Å². The molecule has 1 N–H and O–H groups in total. The molecule has 128 valence electrons. The van der Waals surface area contributed by atoms with Crippen LogP contribution in [0.3, 0.4) is 0 Å². The molecule has 2 aromatic carbocycles. The third-order valence-electron chi connectivity index (χ3n) is 4.28. The lowest BCUT2D eigenvalue weighted by Crippen LogP contribution is -2.14. The second kappa shape index (κ2) is 7.52. The summed E-state index contributed by atoms with van der Waals surface area (Å²) in [6.45, 7) is 10.4. The summed E-state index contributed by atoms with van der Waals surface area (Å²) in [5.74, 6) is 1.51. The highest BCUT2D eigenvalue weighted by Gasteiger charge is 2.16. The summed E-state index contributed by atoms with van der Waals surface area (Å²) in [7, 11) is 1.66. The van der Waals surface area contributed by atoms with Gasteiger partial charge in [-0.2, -0.15) is 0 Å². The summed E-state index contributed by atoms with van der Waals surface area (Å²) >= 11 is 0. The normalized spacial score (nSPS) is 11.0. The van der Waals surface area contributed by atoms with E-state index in [9.17, 15) is 4.79 Å². The molecule has 0 atom stereocenters. The second-order valence-electron chi connectivity index (χ2n) is 6.79. The topological polar surface area (TPSA) is 38.3 Å². The van der Waals surface area contributed by atoms with Crippen molar-refractivity contribution in [1.82, 2.24) is 0 Å². The van der Waals surface area contributed by atoms with E-state index < -0.39 is 0 Å². The van der Waals surface area contributed by atoms with Gasteiger partial charge in [-0.1, -0.05) is 39.8 Å². The molecule has 0 aromatic heterocycles. The van der Waals surface area contributed by atoms with Crippen molar-refractivity contribution < 1.29 is 9.53 Å². The number of amides is 1. The number of nitrogens with one attached hydrogen (secondary N) is 1. The van der Waals surface area contributed by atoms with Gasteiger partial charge in [0.15, 0.2) is 0 Å². The third kappa shape index (κ3) is 3.97. The molecule has 0 fully saturated rings. The van der Waals surface area contributed by atoms with Crippen LogP contribution in [-0.2, 0) is 0 Å². The van der Waals surface area contributed by atoms with Crippen LogP contribution in [0.15, 0.2) is 36.4 Å². The number of rotatable bonds is 5. The van der Waals surface area contributed by atoms with Crippen molar-refractivity contribution in [3.05, 3.63) is 58.7 Å². The monoisotopic (exact) mass is 325 g/mol. The van der Waals surface area contributed by atoms with Crippen molar-refractivity contribution in [2.24, 2.45) is 0 Å². The molecule has 0 aliphatic heterocycles. The van der Waals surface area contributed by atoms with E-state index in [0.717, 1.165) is 22.6 Å². The van der Waals surface area contributed by atoms with Crippen molar-refractivity contribution in [2.45, 2.75) is 46.5 Å². The van der Waals surface area contributed by atoms with E-state index in [1.54, 1.807) is 7.11 Å². The van der Waals surface area contributed by atoms with Crippen LogP contribution in [0.5, 0.6) is 5.75 Å². The first-order valence-electron chi connectivity index (χ1n) is 8.43. The molecule has 0 spiro atoms. The Morgan fingerprint density at radius 2 is 1.62 bits per heavy atom. The highest BCUT2D eigenvalue weighted by molar-refractivity contribution is 6.05. The van der Waals surface area contributed by atoms with Crippen LogP contribution in [-0.4, -0.2) is 13.0 Å². The summed E-state index contributed by atoms with van der Waals surface area (Å²) in [5.41, 5.74) is 4.71. The third-order valence-corrected chi connectivity index (χ3v) is 4.28. The first-order chi connectivity index (χ1) is 11.3. The fraction of sp³-hybridized carbons (Fsp3) is 0.381. The summed E-state index contributed by atoms with van der Waals surface area (Å²) in [4.78, 5) is 12.7. The number of carbonyl (C=O) groups is 1. The van der Waals surface area contributed by atoms with E-state index >= 15 is 0 Å². The van der Waals surface area contributed by atoms with Gasteiger partial charge in [0.2, 0.25) is 0 Å². The zero-order valence-electron chi connectivity index (χ0n) is 15.4. The number of ether oxygens (including phenoxy) is 1. The SMILES string of the molecule is COc1cc(C)c(C(=O)Nc2ccc(C(C)C)cc2)cc1C(C)C. The summed E-state index contributed by atoms with van der Waals surface area (Å²) < 4.78 is 5.44. The van der Waals surface area contributed by atoms with Gasteiger partial charge in [0.05, 0.1) is 7.11 Å². The van der Waals surface area contributed by atoms with Crippen molar-refractivity contribution in [2.75, 3.05) is 12.4 Å². The molecular formula is C21H27NO2. The maximum Gasteiger partial charge on any atom is 0.255 e. The molecule has 0 saturated heterocycles. The quantitative estimate of drug-likeness (QED) is 0.788. The lowest BCUT2D eigenvalue weighted by Gasteiger charge is -2.16. The van der Waals surface area contributed by atoms with Gasteiger partial charge in [0, 0.05) is 11.3 Å². The predicted octanol–water partition coefficient (Wildman–Crippen LogP) is 5.50. The Morgan fingerprint density at radius 3 is 2.12 bits per heavy atom. The highest BCUT2D eigenvalue weighted by Crippen LogP contribution is 2.30. The fourth-order valence-corrected chi connectivity index (χ4v) is 2.72. The zero-order valence-corrected chi connectivity index (χ0v) is 15.4. The maximum absolute atomic E-state index is 12.7. The molecule has 3 nitrogen and oxygen atoms in total. The van der Waals surface area contributed by atoms with Crippen molar-refractivity contribution in [3.8, 4) is 5.75 Å². The van der Waals surface area contributed by atoms with E-state index in [4.69, 9.17) is 4.74 Å². The molecule has 0 aliphatic rings. The van der Waals surface area contributed by atoms with Crippen LogP contribution in [0.1, 0.15) is 66.6 Å². The van der Waals surface area contributed by atoms with Gasteiger partial charge in [0.25, 0.3) is 5.91 Å². The molecule has 0 aliphatic carbocycles. The summed E-state index contributed by atoms with van der Waals surface area (Å²) in [5, 5.41) is 2.99. The molecular weight excluding hydrogens is 298 g/mol. The van der Waals surface area contributed by atoms with Crippen LogP contribution in [0.4, 0.5) is 5.69 Å². The first-order valence-corrected chi connectivity index (χ1v) is 8.43. The number of benzene rings is 2. The summed E-state index contributed by atoms with van der Waals surface area (Å²) in [6.07, 6.45) is 0. The minimum atomic E-state index is -0.0886. The van der Waals surface area contributed by atoms with Crippen molar-refractivity contribution >= 4 is 11.6 Å². The van der Waals surface area contributed by atoms with Gasteiger partial charge < -0.3 is 10.1 Å². The van der Waals surface area contributed by atoms with E-state index in [1.165, 1.54) is 5.56 Å². The van der Waals surface area contributed by atoms with Crippen LogP contribution in [0.25, 0.3) is 0 Å². The van der Waals surface area contributed by atoms with Crippen LogP contribution in [0, 0.1) is 6.92 Å². The first kappa shape index (κ1) is 18.1. The molecule has 0 bridgehead atoms. The molecule has 2 aromatic rings. The Morgan fingerprint density at radius 1 is 1.00 bits per heavy atom. The van der Waals surface area contributed by atoms with Gasteiger partial charge >= 0.3 is 0 Å². The zero-order chi connectivity index (χ0) is 17.9. The Hall–Kier alpha value is -2.29. The highest BCUT2D eigenvalue weighted by atomic mass is 16.5. The average Bonchev–Trinajstić information content (AvgIpc) is 2.54. The Bertz CT molecular complexity index is 715. The van der Waals surface area contributed by atoms with Gasteiger partial charge in [-0.3, -0.25) is 4.79 Å². The van der Waals surface area contributed by atoms with Crippen LogP contribution < -0.4 is 10.1 Å². The minimum absolute atomic E-state index is 0.0886. The standard InChI is InChI=1S/C21H27NO2/c1-13(2)16-7-9-17(10-8-16)22-21(23)19-12-18(14(3)4)20(24-6)11-15(19)5/h7-14H,1-6H3,(H,22,23). The minimum Gasteiger partial charge on any atom is -0.496 e. The summed E-state index contributed by atoms with van der Waals surface area (Å²) in [6, 6.07) is 11.9.